The number of aliphatic carboxylic acids is 1. The molecule has 0 aromatic heterocycles. The van der Waals surface area contributed by atoms with Crippen molar-refractivity contribution in [3.05, 3.63) is 35.9 Å². The smallest absolute Gasteiger partial charge is 0.308 e. The fraction of sp³-hybridized carbons (Fsp3) is 0.385. The van der Waals surface area contributed by atoms with Crippen LogP contribution in [-0.4, -0.2) is 29.3 Å². The van der Waals surface area contributed by atoms with Crippen LogP contribution in [0.3, 0.4) is 0 Å². The molecule has 0 saturated carbocycles. The number of hydrogen-bond acceptors (Lipinski definition) is 3. The van der Waals surface area contributed by atoms with Crippen molar-refractivity contribution >= 4 is 23.6 Å². The molecule has 5 heteroatoms. The van der Waals surface area contributed by atoms with Crippen LogP contribution in [0.1, 0.15) is 12.5 Å². The van der Waals surface area contributed by atoms with E-state index in [2.05, 4.69) is 5.32 Å². The summed E-state index contributed by atoms with van der Waals surface area (Å²) in [4.78, 5) is 22.0. The van der Waals surface area contributed by atoms with Crippen LogP contribution < -0.4 is 5.32 Å². The highest BCUT2D eigenvalue weighted by Crippen LogP contribution is 2.10. The first kappa shape index (κ1) is 14.6. The van der Waals surface area contributed by atoms with Gasteiger partial charge in [0.25, 0.3) is 0 Å². The number of amides is 1. The summed E-state index contributed by atoms with van der Waals surface area (Å²) >= 11 is 1.52. The van der Waals surface area contributed by atoms with Gasteiger partial charge in [0.05, 0.1) is 11.7 Å². The Hall–Kier alpha value is -1.49. The van der Waals surface area contributed by atoms with Crippen LogP contribution in [0.25, 0.3) is 0 Å². The molecule has 1 rings (SSSR count). The first-order valence-corrected chi connectivity index (χ1v) is 6.86. The molecule has 1 unspecified atom stereocenters. The number of carbonyl (C=O) groups is 2. The summed E-state index contributed by atoms with van der Waals surface area (Å²) < 4.78 is 0. The molecule has 0 aliphatic carbocycles. The molecule has 0 spiro atoms. The lowest BCUT2D eigenvalue weighted by Gasteiger charge is -2.08. The predicted octanol–water partition coefficient (Wildman–Crippen LogP) is 1.76. The molecule has 1 aromatic carbocycles. The zero-order valence-corrected chi connectivity index (χ0v) is 11.1. The van der Waals surface area contributed by atoms with Crippen molar-refractivity contribution in [1.29, 1.82) is 0 Å². The van der Waals surface area contributed by atoms with Gasteiger partial charge in [-0.15, -0.1) is 11.8 Å². The van der Waals surface area contributed by atoms with E-state index in [-0.39, 0.29) is 12.5 Å². The Morgan fingerprint density at radius 1 is 1.33 bits per heavy atom. The molecule has 1 amide bonds. The fourth-order valence-electron chi connectivity index (χ4n) is 1.24. The fourth-order valence-corrected chi connectivity index (χ4v) is 2.06. The number of carbonyl (C=O) groups excluding carboxylic acids is 1. The number of carboxylic acids is 1. The number of benzene rings is 1. The second-order valence-electron chi connectivity index (χ2n) is 4.02. The molecule has 0 heterocycles. The van der Waals surface area contributed by atoms with Gasteiger partial charge in [0, 0.05) is 12.3 Å². The molecular formula is C13H17NO3S. The SMILES string of the molecule is CC(CNC(=O)CSCc1ccccc1)C(=O)O. The summed E-state index contributed by atoms with van der Waals surface area (Å²) in [5.41, 5.74) is 1.18. The maximum absolute atomic E-state index is 11.4. The molecule has 4 nitrogen and oxygen atoms in total. The average Bonchev–Trinajstić information content (AvgIpc) is 2.37. The lowest BCUT2D eigenvalue weighted by molar-refractivity contribution is -0.141. The van der Waals surface area contributed by atoms with Gasteiger partial charge < -0.3 is 10.4 Å². The van der Waals surface area contributed by atoms with E-state index in [1.165, 1.54) is 17.3 Å². The van der Waals surface area contributed by atoms with Gasteiger partial charge in [0.2, 0.25) is 5.91 Å². The Morgan fingerprint density at radius 3 is 2.61 bits per heavy atom. The van der Waals surface area contributed by atoms with Gasteiger partial charge in [-0.25, -0.2) is 0 Å². The van der Waals surface area contributed by atoms with Crippen molar-refractivity contribution in [2.75, 3.05) is 12.3 Å². The van der Waals surface area contributed by atoms with Gasteiger partial charge in [-0.2, -0.15) is 0 Å². The number of nitrogens with one attached hydrogen (secondary N) is 1. The summed E-state index contributed by atoms with van der Waals surface area (Å²) in [6.07, 6.45) is 0. The maximum Gasteiger partial charge on any atom is 0.308 e. The first-order chi connectivity index (χ1) is 8.59. The molecule has 1 atom stereocenters. The van der Waals surface area contributed by atoms with E-state index < -0.39 is 11.9 Å². The Bertz CT molecular complexity index is 394. The van der Waals surface area contributed by atoms with E-state index in [1.54, 1.807) is 6.92 Å². The highest BCUT2D eigenvalue weighted by Gasteiger charge is 2.11. The zero-order chi connectivity index (χ0) is 13.4. The van der Waals surface area contributed by atoms with Crippen molar-refractivity contribution in [2.45, 2.75) is 12.7 Å². The van der Waals surface area contributed by atoms with Gasteiger partial charge in [-0.3, -0.25) is 9.59 Å². The minimum absolute atomic E-state index is 0.121. The quantitative estimate of drug-likeness (QED) is 0.790. The normalized spacial score (nSPS) is 11.8. The lowest BCUT2D eigenvalue weighted by atomic mass is 10.2. The van der Waals surface area contributed by atoms with Crippen LogP contribution >= 0.6 is 11.8 Å². The second-order valence-corrected chi connectivity index (χ2v) is 5.01. The van der Waals surface area contributed by atoms with E-state index >= 15 is 0 Å². The highest BCUT2D eigenvalue weighted by atomic mass is 32.2. The molecule has 98 valence electrons. The van der Waals surface area contributed by atoms with Gasteiger partial charge in [-0.1, -0.05) is 37.3 Å². The molecule has 18 heavy (non-hydrogen) atoms. The maximum atomic E-state index is 11.4. The third kappa shape index (κ3) is 5.72. The van der Waals surface area contributed by atoms with Crippen LogP contribution in [0.4, 0.5) is 0 Å². The number of carboxylic acid groups (broad SMARTS) is 1. The van der Waals surface area contributed by atoms with Crippen LogP contribution in [0.15, 0.2) is 30.3 Å². The van der Waals surface area contributed by atoms with Gasteiger partial charge in [-0.05, 0) is 5.56 Å². The summed E-state index contributed by atoms with van der Waals surface area (Å²) in [7, 11) is 0. The van der Waals surface area contributed by atoms with Crippen molar-refractivity contribution in [3.63, 3.8) is 0 Å². The Balaban J connectivity index is 2.16. The topological polar surface area (TPSA) is 66.4 Å². The van der Waals surface area contributed by atoms with E-state index in [0.29, 0.717) is 5.75 Å². The summed E-state index contributed by atoms with van der Waals surface area (Å²) in [6.45, 7) is 1.75. The standard InChI is InChI=1S/C13H17NO3S/c1-10(13(16)17)7-14-12(15)9-18-8-11-5-3-2-4-6-11/h2-6,10H,7-9H2,1H3,(H,14,15)(H,16,17). The lowest BCUT2D eigenvalue weighted by Crippen LogP contribution is -2.32. The summed E-state index contributed by atoms with van der Waals surface area (Å²) in [6, 6.07) is 9.90. The molecule has 0 aliphatic rings. The average molecular weight is 267 g/mol. The van der Waals surface area contributed by atoms with Gasteiger partial charge in [0.1, 0.15) is 0 Å². The number of thioether (sulfide) groups is 1. The number of rotatable bonds is 7. The molecule has 0 saturated heterocycles. The summed E-state index contributed by atoms with van der Waals surface area (Å²) in [5, 5.41) is 11.3. The highest BCUT2D eigenvalue weighted by molar-refractivity contribution is 7.99. The monoisotopic (exact) mass is 267 g/mol. The van der Waals surface area contributed by atoms with Crippen LogP contribution in [0.5, 0.6) is 0 Å². The predicted molar refractivity (Wildman–Crippen MR) is 72.4 cm³/mol. The molecule has 0 aliphatic heterocycles. The van der Waals surface area contributed by atoms with Crippen molar-refractivity contribution < 1.29 is 14.7 Å². The molecule has 1 aromatic rings. The molecule has 0 fully saturated rings. The third-order valence-electron chi connectivity index (χ3n) is 2.37. The van der Waals surface area contributed by atoms with Crippen molar-refractivity contribution in [2.24, 2.45) is 5.92 Å². The molecule has 2 N–H and O–H groups in total. The van der Waals surface area contributed by atoms with E-state index in [1.807, 2.05) is 30.3 Å². The van der Waals surface area contributed by atoms with E-state index in [4.69, 9.17) is 5.11 Å². The molecule has 0 bridgehead atoms. The largest absolute Gasteiger partial charge is 0.481 e. The first-order valence-electron chi connectivity index (χ1n) is 5.70. The van der Waals surface area contributed by atoms with Crippen LogP contribution in [0, 0.1) is 5.92 Å². The van der Waals surface area contributed by atoms with Gasteiger partial charge >= 0.3 is 5.97 Å². The Labute approximate surface area is 111 Å². The zero-order valence-electron chi connectivity index (χ0n) is 10.3. The third-order valence-corrected chi connectivity index (χ3v) is 3.38. The van der Waals surface area contributed by atoms with E-state index in [9.17, 15) is 9.59 Å². The molecule has 0 radical (unpaired) electrons. The van der Waals surface area contributed by atoms with E-state index in [0.717, 1.165) is 5.75 Å². The van der Waals surface area contributed by atoms with Crippen LogP contribution in [0.2, 0.25) is 0 Å². The van der Waals surface area contributed by atoms with Crippen molar-refractivity contribution in [1.82, 2.24) is 5.32 Å². The number of hydrogen-bond donors (Lipinski definition) is 2. The minimum Gasteiger partial charge on any atom is -0.481 e. The van der Waals surface area contributed by atoms with Crippen molar-refractivity contribution in [3.8, 4) is 0 Å². The summed E-state index contributed by atoms with van der Waals surface area (Å²) in [5.74, 6) is -0.436. The molecular weight excluding hydrogens is 250 g/mol. The Kier molecular flexibility index (Phi) is 6.28. The second kappa shape index (κ2) is 7.76. The minimum atomic E-state index is -0.896. The van der Waals surface area contributed by atoms with Crippen LogP contribution in [-0.2, 0) is 15.3 Å². The Morgan fingerprint density at radius 2 is 2.00 bits per heavy atom. The van der Waals surface area contributed by atoms with Gasteiger partial charge in [0.15, 0.2) is 0 Å².